The standard InChI is InChI=1S/C15H18N2O3/c1-2-8-16(11-14(18)19)15(20)17-9-7-12-5-3-4-6-13(12)10-17/h2-6H,1,7-11H2,(H,18,19). The molecule has 0 saturated carbocycles. The van der Waals surface area contributed by atoms with E-state index in [1.54, 1.807) is 11.0 Å². The topological polar surface area (TPSA) is 60.9 Å². The summed E-state index contributed by atoms with van der Waals surface area (Å²) >= 11 is 0. The smallest absolute Gasteiger partial charge is 0.323 e. The third-order valence-electron chi connectivity index (χ3n) is 3.35. The molecule has 106 valence electrons. The highest BCUT2D eigenvalue weighted by atomic mass is 16.4. The fourth-order valence-electron chi connectivity index (χ4n) is 2.39. The van der Waals surface area contributed by atoms with Crippen LogP contribution in [0.5, 0.6) is 0 Å². The molecular formula is C15H18N2O3. The summed E-state index contributed by atoms with van der Waals surface area (Å²) in [5.74, 6) is -1.02. The molecule has 0 bridgehead atoms. The average molecular weight is 274 g/mol. The van der Waals surface area contributed by atoms with Crippen molar-refractivity contribution in [3.05, 3.63) is 48.0 Å². The zero-order valence-electron chi connectivity index (χ0n) is 11.3. The van der Waals surface area contributed by atoms with E-state index < -0.39 is 5.97 Å². The molecule has 1 aliphatic heterocycles. The second-order valence-corrected chi connectivity index (χ2v) is 4.79. The van der Waals surface area contributed by atoms with E-state index in [4.69, 9.17) is 5.11 Å². The zero-order valence-corrected chi connectivity index (χ0v) is 11.3. The molecule has 0 aromatic heterocycles. The largest absolute Gasteiger partial charge is 0.480 e. The van der Waals surface area contributed by atoms with Crippen LogP contribution in [0.25, 0.3) is 0 Å². The Bertz CT molecular complexity index is 528. The van der Waals surface area contributed by atoms with Crippen LogP contribution in [-0.2, 0) is 17.8 Å². The number of hydrogen-bond acceptors (Lipinski definition) is 2. The Balaban J connectivity index is 2.09. The molecule has 0 saturated heterocycles. The maximum Gasteiger partial charge on any atom is 0.323 e. The summed E-state index contributed by atoms with van der Waals surface area (Å²) in [4.78, 5) is 26.2. The first-order valence-electron chi connectivity index (χ1n) is 6.55. The third kappa shape index (κ3) is 3.17. The number of aliphatic carboxylic acids is 1. The van der Waals surface area contributed by atoms with Crippen molar-refractivity contribution >= 4 is 12.0 Å². The summed E-state index contributed by atoms with van der Waals surface area (Å²) in [6.07, 6.45) is 2.34. The molecule has 0 unspecified atom stereocenters. The number of carbonyl (C=O) groups is 2. The van der Waals surface area contributed by atoms with Crippen molar-refractivity contribution in [3.63, 3.8) is 0 Å². The van der Waals surface area contributed by atoms with Gasteiger partial charge < -0.3 is 14.9 Å². The molecule has 1 N–H and O–H groups in total. The van der Waals surface area contributed by atoms with E-state index in [1.807, 2.05) is 18.2 Å². The zero-order chi connectivity index (χ0) is 14.5. The van der Waals surface area contributed by atoms with Gasteiger partial charge in [0.15, 0.2) is 0 Å². The van der Waals surface area contributed by atoms with Crippen molar-refractivity contribution in [2.24, 2.45) is 0 Å². The van der Waals surface area contributed by atoms with Crippen LogP contribution in [-0.4, -0.2) is 46.5 Å². The van der Waals surface area contributed by atoms with Crippen LogP contribution in [0.4, 0.5) is 4.79 Å². The highest BCUT2D eigenvalue weighted by Crippen LogP contribution is 2.19. The van der Waals surface area contributed by atoms with Crippen molar-refractivity contribution < 1.29 is 14.7 Å². The SMILES string of the molecule is C=CCN(CC(=O)O)C(=O)N1CCc2ccccc2C1. The number of carbonyl (C=O) groups excluding carboxylic acids is 1. The first-order valence-corrected chi connectivity index (χ1v) is 6.55. The second kappa shape index (κ2) is 6.23. The highest BCUT2D eigenvalue weighted by Gasteiger charge is 2.25. The van der Waals surface area contributed by atoms with E-state index in [1.165, 1.54) is 10.5 Å². The molecule has 1 aromatic carbocycles. The van der Waals surface area contributed by atoms with Gasteiger partial charge in [-0.1, -0.05) is 30.3 Å². The van der Waals surface area contributed by atoms with E-state index in [9.17, 15) is 9.59 Å². The molecule has 0 spiro atoms. The summed E-state index contributed by atoms with van der Waals surface area (Å²) in [6.45, 7) is 4.65. The van der Waals surface area contributed by atoms with Crippen LogP contribution >= 0.6 is 0 Å². The Labute approximate surface area is 118 Å². The van der Waals surface area contributed by atoms with Gasteiger partial charge in [-0.2, -0.15) is 0 Å². The van der Waals surface area contributed by atoms with E-state index in [0.717, 1.165) is 12.0 Å². The van der Waals surface area contributed by atoms with Crippen LogP contribution in [0.15, 0.2) is 36.9 Å². The van der Waals surface area contributed by atoms with Gasteiger partial charge in [0.1, 0.15) is 6.54 Å². The number of carboxylic acid groups (broad SMARTS) is 1. The number of benzene rings is 1. The first kappa shape index (κ1) is 14.1. The van der Waals surface area contributed by atoms with Gasteiger partial charge in [0.2, 0.25) is 0 Å². The molecule has 1 aliphatic rings. The molecular weight excluding hydrogens is 256 g/mol. The molecule has 0 atom stereocenters. The molecule has 2 rings (SSSR count). The highest BCUT2D eigenvalue weighted by molar-refractivity contribution is 5.80. The summed E-state index contributed by atoms with van der Waals surface area (Å²) < 4.78 is 0. The molecule has 5 nitrogen and oxygen atoms in total. The Kier molecular flexibility index (Phi) is 4.40. The van der Waals surface area contributed by atoms with Gasteiger partial charge in [-0.3, -0.25) is 4.79 Å². The van der Waals surface area contributed by atoms with Crippen molar-refractivity contribution in [1.82, 2.24) is 9.80 Å². The molecule has 20 heavy (non-hydrogen) atoms. The van der Waals surface area contributed by atoms with Crippen LogP contribution in [0.2, 0.25) is 0 Å². The average Bonchev–Trinajstić information content (AvgIpc) is 2.45. The van der Waals surface area contributed by atoms with E-state index in [-0.39, 0.29) is 19.1 Å². The minimum atomic E-state index is -1.02. The van der Waals surface area contributed by atoms with Gasteiger partial charge in [-0.15, -0.1) is 6.58 Å². The quantitative estimate of drug-likeness (QED) is 0.851. The van der Waals surface area contributed by atoms with E-state index >= 15 is 0 Å². The van der Waals surface area contributed by atoms with Crippen LogP contribution in [0, 0.1) is 0 Å². The van der Waals surface area contributed by atoms with Crippen LogP contribution in [0.1, 0.15) is 11.1 Å². The molecule has 0 aliphatic carbocycles. The molecule has 1 aromatic rings. The monoisotopic (exact) mass is 274 g/mol. The lowest BCUT2D eigenvalue weighted by Crippen LogP contribution is -2.47. The van der Waals surface area contributed by atoms with E-state index in [2.05, 4.69) is 12.6 Å². The summed E-state index contributed by atoms with van der Waals surface area (Å²) in [6, 6.07) is 7.76. The predicted molar refractivity (Wildman–Crippen MR) is 75.4 cm³/mol. The number of nitrogens with zero attached hydrogens (tertiary/aromatic N) is 2. The maximum absolute atomic E-state index is 12.4. The van der Waals surface area contributed by atoms with Crippen molar-refractivity contribution in [2.75, 3.05) is 19.6 Å². The van der Waals surface area contributed by atoms with Crippen molar-refractivity contribution in [3.8, 4) is 0 Å². The van der Waals surface area contributed by atoms with Crippen molar-refractivity contribution in [1.29, 1.82) is 0 Å². The maximum atomic E-state index is 12.4. The minimum Gasteiger partial charge on any atom is -0.480 e. The van der Waals surface area contributed by atoms with Gasteiger partial charge in [0.05, 0.1) is 0 Å². The molecule has 2 amide bonds. The normalized spacial score (nSPS) is 13.5. The predicted octanol–water partition coefficient (Wildman–Crippen LogP) is 1.74. The van der Waals surface area contributed by atoms with Gasteiger partial charge in [-0.25, -0.2) is 4.79 Å². The lowest BCUT2D eigenvalue weighted by atomic mass is 10.0. The fraction of sp³-hybridized carbons (Fsp3) is 0.333. The van der Waals surface area contributed by atoms with Crippen molar-refractivity contribution in [2.45, 2.75) is 13.0 Å². The lowest BCUT2D eigenvalue weighted by Gasteiger charge is -2.33. The number of hydrogen-bond donors (Lipinski definition) is 1. The number of urea groups is 1. The Morgan fingerprint density at radius 1 is 1.35 bits per heavy atom. The Morgan fingerprint density at radius 2 is 2.05 bits per heavy atom. The van der Waals surface area contributed by atoms with Crippen LogP contribution in [0.3, 0.4) is 0 Å². The number of rotatable bonds is 4. The summed E-state index contributed by atoms with van der Waals surface area (Å²) in [7, 11) is 0. The Hall–Kier alpha value is -2.30. The fourth-order valence-corrected chi connectivity index (χ4v) is 2.39. The third-order valence-corrected chi connectivity index (χ3v) is 3.35. The lowest BCUT2D eigenvalue weighted by molar-refractivity contribution is -0.137. The van der Waals surface area contributed by atoms with Gasteiger partial charge >= 0.3 is 12.0 Å². The van der Waals surface area contributed by atoms with Gasteiger partial charge in [-0.05, 0) is 17.5 Å². The molecule has 0 fully saturated rings. The van der Waals surface area contributed by atoms with E-state index in [0.29, 0.717) is 13.1 Å². The Morgan fingerprint density at radius 3 is 2.70 bits per heavy atom. The van der Waals surface area contributed by atoms with Gasteiger partial charge in [0.25, 0.3) is 0 Å². The number of amides is 2. The minimum absolute atomic E-state index is 0.239. The summed E-state index contributed by atoms with van der Waals surface area (Å²) in [5, 5.41) is 8.87. The second-order valence-electron chi connectivity index (χ2n) is 4.79. The molecule has 0 radical (unpaired) electrons. The van der Waals surface area contributed by atoms with Gasteiger partial charge in [0, 0.05) is 19.6 Å². The summed E-state index contributed by atoms with van der Waals surface area (Å²) in [5.41, 5.74) is 2.38. The first-order chi connectivity index (χ1) is 9.61. The molecule has 5 heteroatoms. The van der Waals surface area contributed by atoms with Crippen LogP contribution < -0.4 is 0 Å². The number of fused-ring (bicyclic) bond motifs is 1. The number of carboxylic acids is 1. The molecule has 1 heterocycles.